The molecule has 1 aromatic rings. The highest BCUT2D eigenvalue weighted by molar-refractivity contribution is 5.76. The standard InChI is InChI=1S/C38H50O15/c1-10-19(2)31(44)34(45)51-33-32(49-18-39)30(20(3)38-27(52-38)13-24(37(33,38)8)23-11-12-47-16-23)36(7)25(14-28(42)46-9)35(6,17-48-21(4)40)53-29(43)15-26(36)50-22(5)41/h11-12,16,18-19,24-27,30-33,44H,3,10,13-15,17H2,1-2,4-9H3/t19-,24+,25+,26+,27-,30?,31-,32-,33+,35-,36-,37-,38-/m1/s1. The van der Waals surface area contributed by atoms with Crippen LogP contribution in [0.25, 0.3) is 0 Å². The van der Waals surface area contributed by atoms with Crippen molar-refractivity contribution >= 4 is 36.3 Å². The predicted molar refractivity (Wildman–Crippen MR) is 180 cm³/mol. The number of furan rings is 1. The zero-order chi connectivity index (χ0) is 39.3. The molecule has 15 nitrogen and oxygen atoms in total. The lowest BCUT2D eigenvalue weighted by atomic mass is 9.47. The summed E-state index contributed by atoms with van der Waals surface area (Å²) >= 11 is 0. The van der Waals surface area contributed by atoms with Gasteiger partial charge in [0.15, 0.2) is 6.10 Å². The van der Waals surface area contributed by atoms with E-state index in [1.165, 1.54) is 27.2 Å². The van der Waals surface area contributed by atoms with E-state index in [9.17, 15) is 33.9 Å². The maximum atomic E-state index is 13.9. The first kappa shape index (κ1) is 40.0. The number of aliphatic hydroxyl groups excluding tert-OH is 1. The third-order valence-corrected chi connectivity index (χ3v) is 12.6. The lowest BCUT2D eigenvalue weighted by Gasteiger charge is -2.59. The molecular weight excluding hydrogens is 696 g/mol. The first-order chi connectivity index (χ1) is 24.9. The van der Waals surface area contributed by atoms with Crippen LogP contribution < -0.4 is 0 Å². The Kier molecular flexibility index (Phi) is 11.0. The molecule has 4 aliphatic rings. The maximum absolute atomic E-state index is 13.9. The van der Waals surface area contributed by atoms with Crippen LogP contribution in [-0.2, 0) is 61.9 Å². The minimum absolute atomic E-state index is 0.196. The van der Waals surface area contributed by atoms with Crippen LogP contribution in [0.15, 0.2) is 35.2 Å². The first-order valence-electron chi connectivity index (χ1n) is 17.8. The monoisotopic (exact) mass is 746 g/mol. The van der Waals surface area contributed by atoms with Gasteiger partial charge in [-0.3, -0.25) is 24.0 Å². The largest absolute Gasteiger partial charge is 0.472 e. The molecule has 2 aliphatic carbocycles. The quantitative estimate of drug-likeness (QED) is 0.101. The van der Waals surface area contributed by atoms with Gasteiger partial charge >= 0.3 is 29.8 Å². The Labute approximate surface area is 307 Å². The highest BCUT2D eigenvalue weighted by Gasteiger charge is 2.85. The van der Waals surface area contributed by atoms with Gasteiger partial charge < -0.3 is 42.7 Å². The summed E-state index contributed by atoms with van der Waals surface area (Å²) in [6, 6.07) is 1.78. The number of hydrogen-bond donors (Lipinski definition) is 1. The molecule has 1 unspecified atom stereocenters. The Hall–Kier alpha value is -4.24. The SMILES string of the molecule is C=C1C([C@@]2(C)[C@@H](OC(C)=O)CC(=O)O[C@](C)(COC(C)=O)[C@@H]2CC(=O)OC)[C@@H](OC=O)[C@H](OC(=O)[C@H](O)[C@H](C)CC)[C@@]2(C)[C@H](c3ccoc3)C[C@H]3O[C@]132. The Morgan fingerprint density at radius 2 is 1.83 bits per heavy atom. The molecule has 1 N–H and O–H groups in total. The number of carbonyl (C=O) groups is 6. The van der Waals surface area contributed by atoms with Gasteiger partial charge in [-0.15, -0.1) is 0 Å². The molecule has 2 saturated heterocycles. The van der Waals surface area contributed by atoms with Crippen molar-refractivity contribution in [3.63, 3.8) is 0 Å². The molecule has 13 atom stereocenters. The van der Waals surface area contributed by atoms with Gasteiger partial charge in [0.05, 0.1) is 44.0 Å². The molecule has 0 bridgehead atoms. The second-order valence-electron chi connectivity index (χ2n) is 15.4. The highest BCUT2D eigenvalue weighted by Crippen LogP contribution is 2.76. The molecule has 15 heteroatoms. The van der Waals surface area contributed by atoms with E-state index in [0.29, 0.717) is 18.4 Å². The number of hydrogen-bond acceptors (Lipinski definition) is 15. The molecule has 292 valence electrons. The normalized spacial score (nSPS) is 38.5. The van der Waals surface area contributed by atoms with Crippen molar-refractivity contribution in [3.05, 3.63) is 36.3 Å². The van der Waals surface area contributed by atoms with E-state index in [4.69, 9.17) is 37.6 Å². The number of carbonyl (C=O) groups excluding carboxylic acids is 6. The lowest BCUT2D eigenvalue weighted by molar-refractivity contribution is -0.225. The van der Waals surface area contributed by atoms with Crippen molar-refractivity contribution in [1.82, 2.24) is 0 Å². The fraction of sp³-hybridized carbons (Fsp3) is 0.684. The van der Waals surface area contributed by atoms with Gasteiger partial charge in [0.1, 0.15) is 36.1 Å². The molecule has 53 heavy (non-hydrogen) atoms. The zero-order valence-corrected chi connectivity index (χ0v) is 31.4. The van der Waals surface area contributed by atoms with Crippen molar-refractivity contribution in [1.29, 1.82) is 0 Å². The summed E-state index contributed by atoms with van der Waals surface area (Å²) in [4.78, 5) is 78.5. The average Bonchev–Trinajstić information content (AvgIpc) is 3.47. The minimum atomic E-state index is -1.76. The third kappa shape index (κ3) is 6.43. The van der Waals surface area contributed by atoms with E-state index >= 15 is 0 Å². The van der Waals surface area contributed by atoms with Crippen LogP contribution in [0.1, 0.15) is 85.6 Å². The van der Waals surface area contributed by atoms with E-state index in [0.717, 1.165) is 12.5 Å². The zero-order valence-electron chi connectivity index (χ0n) is 31.4. The maximum Gasteiger partial charge on any atom is 0.335 e. The first-order valence-corrected chi connectivity index (χ1v) is 17.8. The number of esters is 5. The Morgan fingerprint density at radius 1 is 1.13 bits per heavy atom. The van der Waals surface area contributed by atoms with Crippen LogP contribution >= 0.6 is 0 Å². The van der Waals surface area contributed by atoms with Gasteiger partial charge in [-0.2, -0.15) is 0 Å². The van der Waals surface area contributed by atoms with E-state index in [1.54, 1.807) is 26.2 Å². The second kappa shape index (κ2) is 14.5. The summed E-state index contributed by atoms with van der Waals surface area (Å²) < 4.78 is 46.8. The van der Waals surface area contributed by atoms with Crippen molar-refractivity contribution in [2.24, 2.45) is 28.6 Å². The van der Waals surface area contributed by atoms with Crippen LogP contribution in [0.2, 0.25) is 0 Å². The van der Waals surface area contributed by atoms with E-state index in [1.807, 2.05) is 13.8 Å². The van der Waals surface area contributed by atoms with Crippen molar-refractivity contribution in [2.45, 2.75) is 122 Å². The molecule has 5 rings (SSSR count). The van der Waals surface area contributed by atoms with Gasteiger partial charge in [-0.25, -0.2) is 4.79 Å². The minimum Gasteiger partial charge on any atom is -0.472 e. The molecule has 0 aromatic carbocycles. The summed E-state index contributed by atoms with van der Waals surface area (Å²) in [7, 11) is 1.17. The molecule has 1 aromatic heterocycles. The average molecular weight is 747 g/mol. The summed E-state index contributed by atoms with van der Waals surface area (Å²) in [6.07, 6.45) is -3.21. The number of methoxy groups -OCH3 is 1. The lowest BCUT2D eigenvalue weighted by Crippen LogP contribution is -2.68. The van der Waals surface area contributed by atoms with Crippen LogP contribution in [0.4, 0.5) is 0 Å². The Bertz CT molecular complexity index is 1620. The number of cyclic esters (lactones) is 1. The number of aliphatic hydroxyl groups is 1. The molecule has 0 amide bonds. The van der Waals surface area contributed by atoms with Crippen molar-refractivity contribution < 1.29 is 71.4 Å². The van der Waals surface area contributed by atoms with E-state index in [2.05, 4.69) is 6.58 Å². The van der Waals surface area contributed by atoms with Gasteiger partial charge in [0.2, 0.25) is 0 Å². The molecule has 4 fully saturated rings. The van der Waals surface area contributed by atoms with Crippen LogP contribution in [0.3, 0.4) is 0 Å². The number of ether oxygens (including phenoxy) is 7. The van der Waals surface area contributed by atoms with Crippen LogP contribution in [-0.4, -0.2) is 96.9 Å². The van der Waals surface area contributed by atoms with Crippen LogP contribution in [0, 0.1) is 28.6 Å². The fourth-order valence-electron chi connectivity index (χ4n) is 9.79. The predicted octanol–water partition coefficient (Wildman–Crippen LogP) is 3.34. The Morgan fingerprint density at radius 3 is 2.40 bits per heavy atom. The molecule has 2 saturated carbocycles. The van der Waals surface area contributed by atoms with Gasteiger partial charge in [0, 0.05) is 37.0 Å². The van der Waals surface area contributed by atoms with E-state index in [-0.39, 0.29) is 6.47 Å². The summed E-state index contributed by atoms with van der Waals surface area (Å²) in [6.45, 7) is 15.1. The molecular formula is C38H50O15. The summed E-state index contributed by atoms with van der Waals surface area (Å²) in [5.41, 5.74) is -4.74. The topological polar surface area (TPSA) is 204 Å². The number of epoxide rings is 1. The number of rotatable bonds is 13. The summed E-state index contributed by atoms with van der Waals surface area (Å²) in [5, 5.41) is 11.1. The molecule has 1 spiro atoms. The van der Waals surface area contributed by atoms with Crippen molar-refractivity contribution in [2.75, 3.05) is 13.7 Å². The molecule has 0 radical (unpaired) electrons. The second-order valence-corrected chi connectivity index (χ2v) is 15.4. The van der Waals surface area contributed by atoms with Gasteiger partial charge in [-0.1, -0.05) is 40.7 Å². The fourth-order valence-corrected chi connectivity index (χ4v) is 9.79. The Balaban J connectivity index is 1.81. The van der Waals surface area contributed by atoms with Gasteiger partial charge in [0.25, 0.3) is 6.47 Å². The third-order valence-electron chi connectivity index (χ3n) is 12.6. The summed E-state index contributed by atoms with van der Waals surface area (Å²) in [5.74, 6) is -7.29. The van der Waals surface area contributed by atoms with Crippen LogP contribution in [0.5, 0.6) is 0 Å². The molecule has 2 aliphatic heterocycles. The van der Waals surface area contributed by atoms with Gasteiger partial charge in [-0.05, 0) is 36.5 Å². The highest BCUT2D eigenvalue weighted by atomic mass is 16.6. The van der Waals surface area contributed by atoms with Crippen molar-refractivity contribution in [3.8, 4) is 0 Å². The molecule has 3 heterocycles. The smallest absolute Gasteiger partial charge is 0.335 e. The van der Waals surface area contributed by atoms with E-state index < -0.39 is 126 Å².